The molecule has 0 amide bonds. The summed E-state index contributed by atoms with van der Waals surface area (Å²) in [5, 5.41) is 18.8. The molecule has 2 aliphatic heterocycles. The Kier molecular flexibility index (Phi) is 5.98. The van der Waals surface area contributed by atoms with Crippen LogP contribution in [0.15, 0.2) is 24.5 Å². The molecule has 2 saturated heterocycles. The number of nitrogens with zero attached hydrogens (tertiary/aromatic N) is 7. The summed E-state index contributed by atoms with van der Waals surface area (Å²) < 4.78 is 21.5. The quantitative estimate of drug-likeness (QED) is 0.598. The molecule has 33 heavy (non-hydrogen) atoms. The van der Waals surface area contributed by atoms with Crippen molar-refractivity contribution in [1.29, 1.82) is 0 Å². The standard InChI is InChI=1S/C22H29FN8O2/c1-14(2)31-17-11-20(25-12-15(17)21(28-31)29-7-9-33-10-8-29)26-19-3-5-24-22(27-19)30-6-4-18(32)16(23)13-30/h3,5,11-12,14,16,18,32H,4,6-10,13H2,1-2H3,(H,24,25,26,27). The van der Waals surface area contributed by atoms with Crippen LogP contribution >= 0.6 is 0 Å². The lowest BCUT2D eigenvalue weighted by Crippen LogP contribution is -2.45. The smallest absolute Gasteiger partial charge is 0.227 e. The number of nitrogens with one attached hydrogen (secondary N) is 1. The van der Waals surface area contributed by atoms with E-state index in [0.717, 1.165) is 29.8 Å². The molecule has 0 radical (unpaired) electrons. The molecule has 2 aliphatic rings. The van der Waals surface area contributed by atoms with Gasteiger partial charge in [-0.2, -0.15) is 10.1 Å². The summed E-state index contributed by atoms with van der Waals surface area (Å²) in [6, 6.07) is 3.91. The molecule has 0 saturated carbocycles. The number of fused-ring (bicyclic) bond motifs is 1. The summed E-state index contributed by atoms with van der Waals surface area (Å²) >= 11 is 0. The monoisotopic (exact) mass is 456 g/mol. The van der Waals surface area contributed by atoms with Crippen molar-refractivity contribution in [3.63, 3.8) is 0 Å². The Morgan fingerprint density at radius 2 is 1.97 bits per heavy atom. The van der Waals surface area contributed by atoms with E-state index in [1.807, 2.05) is 16.9 Å². The second-order valence-electron chi connectivity index (χ2n) is 8.73. The van der Waals surface area contributed by atoms with E-state index in [9.17, 15) is 9.50 Å². The van der Waals surface area contributed by atoms with E-state index in [2.05, 4.69) is 39.0 Å². The number of alkyl halides is 1. The van der Waals surface area contributed by atoms with Gasteiger partial charge >= 0.3 is 0 Å². The first kappa shape index (κ1) is 21.8. The van der Waals surface area contributed by atoms with Crippen LogP contribution < -0.4 is 15.1 Å². The minimum Gasteiger partial charge on any atom is -0.390 e. The zero-order valence-corrected chi connectivity index (χ0v) is 18.9. The van der Waals surface area contributed by atoms with Gasteiger partial charge in [0.1, 0.15) is 17.8 Å². The number of aliphatic hydroxyl groups excluding tert-OH is 1. The van der Waals surface area contributed by atoms with Crippen LogP contribution in [-0.4, -0.2) is 81.5 Å². The summed E-state index contributed by atoms with van der Waals surface area (Å²) in [7, 11) is 0. The maximum Gasteiger partial charge on any atom is 0.227 e. The summed E-state index contributed by atoms with van der Waals surface area (Å²) in [5.41, 5.74) is 0.989. The van der Waals surface area contributed by atoms with Gasteiger partial charge in [-0.05, 0) is 26.3 Å². The Morgan fingerprint density at radius 3 is 2.73 bits per heavy atom. The average molecular weight is 457 g/mol. The van der Waals surface area contributed by atoms with E-state index in [1.54, 1.807) is 17.2 Å². The third kappa shape index (κ3) is 4.42. The van der Waals surface area contributed by atoms with E-state index in [4.69, 9.17) is 9.84 Å². The molecule has 0 spiro atoms. The number of piperidine rings is 1. The topological polar surface area (TPSA) is 104 Å². The number of halogens is 1. The summed E-state index contributed by atoms with van der Waals surface area (Å²) in [6.07, 6.45) is 1.60. The van der Waals surface area contributed by atoms with Crippen LogP contribution in [0, 0.1) is 0 Å². The van der Waals surface area contributed by atoms with Crippen LogP contribution in [0.5, 0.6) is 0 Å². The second kappa shape index (κ2) is 9.06. The molecule has 2 N–H and O–H groups in total. The molecule has 5 rings (SSSR count). The van der Waals surface area contributed by atoms with E-state index >= 15 is 0 Å². The Labute approximate surface area is 191 Å². The minimum atomic E-state index is -1.31. The second-order valence-corrected chi connectivity index (χ2v) is 8.73. The number of aromatic nitrogens is 5. The van der Waals surface area contributed by atoms with Gasteiger partial charge in [0.15, 0.2) is 5.82 Å². The number of pyridine rings is 1. The molecule has 2 unspecified atom stereocenters. The third-order valence-electron chi connectivity index (χ3n) is 6.06. The van der Waals surface area contributed by atoms with E-state index in [1.165, 1.54) is 0 Å². The van der Waals surface area contributed by atoms with Gasteiger partial charge in [-0.1, -0.05) is 0 Å². The van der Waals surface area contributed by atoms with Crippen LogP contribution in [0.4, 0.5) is 27.8 Å². The number of aliphatic hydroxyl groups is 1. The highest BCUT2D eigenvalue weighted by molar-refractivity contribution is 5.92. The largest absolute Gasteiger partial charge is 0.390 e. The molecule has 11 heteroatoms. The summed E-state index contributed by atoms with van der Waals surface area (Å²) in [4.78, 5) is 17.4. The summed E-state index contributed by atoms with van der Waals surface area (Å²) in [6.45, 7) is 7.79. The Morgan fingerprint density at radius 1 is 1.15 bits per heavy atom. The SMILES string of the molecule is CC(C)n1nc(N2CCOCC2)c2cnc(Nc3ccnc(N4CCC(O)C(F)C4)n3)cc21. The van der Waals surface area contributed by atoms with Gasteiger partial charge in [-0.15, -0.1) is 0 Å². The molecule has 10 nitrogen and oxygen atoms in total. The normalized spacial score (nSPS) is 21.7. The predicted octanol–water partition coefficient (Wildman–Crippen LogP) is 2.29. The molecule has 2 fully saturated rings. The van der Waals surface area contributed by atoms with E-state index < -0.39 is 12.3 Å². The molecule has 0 aromatic carbocycles. The maximum absolute atomic E-state index is 14.0. The first-order chi connectivity index (χ1) is 16.0. The number of ether oxygens (including phenoxy) is 1. The van der Waals surface area contributed by atoms with Crippen LogP contribution in [0.25, 0.3) is 10.9 Å². The van der Waals surface area contributed by atoms with Crippen molar-refractivity contribution in [2.75, 3.05) is 54.5 Å². The first-order valence-electron chi connectivity index (χ1n) is 11.4. The molecule has 0 bridgehead atoms. The highest BCUT2D eigenvalue weighted by Gasteiger charge is 2.29. The molecule has 176 valence electrons. The van der Waals surface area contributed by atoms with Gasteiger partial charge in [0.05, 0.1) is 36.8 Å². The zero-order valence-electron chi connectivity index (χ0n) is 18.9. The van der Waals surface area contributed by atoms with Crippen molar-refractivity contribution in [1.82, 2.24) is 24.7 Å². The fraction of sp³-hybridized carbons (Fsp3) is 0.545. The first-order valence-corrected chi connectivity index (χ1v) is 11.4. The van der Waals surface area contributed by atoms with Crippen molar-refractivity contribution < 1.29 is 14.2 Å². The zero-order chi connectivity index (χ0) is 22.9. The highest BCUT2D eigenvalue weighted by Crippen LogP contribution is 2.30. The average Bonchev–Trinajstić information content (AvgIpc) is 3.21. The molecule has 3 aromatic rings. The van der Waals surface area contributed by atoms with Gasteiger partial charge < -0.3 is 25.0 Å². The van der Waals surface area contributed by atoms with Crippen LogP contribution in [0.2, 0.25) is 0 Å². The van der Waals surface area contributed by atoms with Crippen molar-refractivity contribution >= 4 is 34.3 Å². The lowest BCUT2D eigenvalue weighted by Gasteiger charge is -2.32. The molecule has 2 atom stereocenters. The molecular weight excluding hydrogens is 427 g/mol. The van der Waals surface area contributed by atoms with Crippen molar-refractivity contribution in [2.45, 2.75) is 38.6 Å². The molecular formula is C22H29FN8O2. The van der Waals surface area contributed by atoms with Crippen molar-refractivity contribution in [3.05, 3.63) is 24.5 Å². The third-order valence-corrected chi connectivity index (χ3v) is 6.06. The Balaban J connectivity index is 1.41. The van der Waals surface area contributed by atoms with E-state index in [-0.39, 0.29) is 12.6 Å². The van der Waals surface area contributed by atoms with Crippen LogP contribution in [0.1, 0.15) is 26.3 Å². The predicted molar refractivity (Wildman–Crippen MR) is 124 cm³/mol. The Bertz CT molecular complexity index is 1120. The lowest BCUT2D eigenvalue weighted by molar-refractivity contribution is 0.0612. The van der Waals surface area contributed by atoms with Crippen molar-refractivity contribution in [3.8, 4) is 0 Å². The number of hydrogen-bond acceptors (Lipinski definition) is 9. The highest BCUT2D eigenvalue weighted by atomic mass is 19.1. The number of anilines is 4. The van der Waals surface area contributed by atoms with Crippen LogP contribution in [0.3, 0.4) is 0 Å². The number of morpholine rings is 1. The van der Waals surface area contributed by atoms with Crippen LogP contribution in [-0.2, 0) is 4.74 Å². The van der Waals surface area contributed by atoms with Gasteiger partial charge in [0.25, 0.3) is 0 Å². The van der Waals surface area contributed by atoms with Gasteiger partial charge in [0.2, 0.25) is 5.95 Å². The molecule has 0 aliphatic carbocycles. The van der Waals surface area contributed by atoms with E-state index in [0.29, 0.717) is 43.8 Å². The number of rotatable bonds is 5. The summed E-state index contributed by atoms with van der Waals surface area (Å²) in [5.74, 6) is 2.56. The Hall–Kier alpha value is -3.05. The van der Waals surface area contributed by atoms with Gasteiger partial charge in [0, 0.05) is 44.1 Å². The van der Waals surface area contributed by atoms with Gasteiger partial charge in [-0.25, -0.2) is 14.4 Å². The fourth-order valence-electron chi connectivity index (χ4n) is 4.26. The van der Waals surface area contributed by atoms with Gasteiger partial charge in [-0.3, -0.25) is 4.68 Å². The number of hydrogen-bond donors (Lipinski definition) is 2. The lowest BCUT2D eigenvalue weighted by atomic mass is 10.1. The maximum atomic E-state index is 14.0. The van der Waals surface area contributed by atoms with Crippen molar-refractivity contribution in [2.24, 2.45) is 0 Å². The molecule has 5 heterocycles. The molecule has 3 aromatic heterocycles. The fourth-order valence-corrected chi connectivity index (χ4v) is 4.26. The minimum absolute atomic E-state index is 0.0761.